The maximum atomic E-state index is 11.8. The molecule has 0 aliphatic rings. The minimum Gasteiger partial charge on any atom is -0.444 e. The van der Waals surface area contributed by atoms with Crippen molar-refractivity contribution in [1.29, 1.82) is 0 Å². The summed E-state index contributed by atoms with van der Waals surface area (Å²) in [5.74, 6) is 0. The van der Waals surface area contributed by atoms with Crippen molar-refractivity contribution in [2.75, 3.05) is 6.26 Å². The van der Waals surface area contributed by atoms with Gasteiger partial charge in [0.05, 0.1) is 11.9 Å². The van der Waals surface area contributed by atoms with Gasteiger partial charge in [-0.1, -0.05) is 29.1 Å². The zero-order valence-electron chi connectivity index (χ0n) is 15.1. The average molecular weight is 372 g/mol. The van der Waals surface area contributed by atoms with E-state index in [0.717, 1.165) is 11.3 Å². The Kier molecular flexibility index (Phi) is 5.08. The van der Waals surface area contributed by atoms with Crippen molar-refractivity contribution in [2.45, 2.75) is 38.1 Å². The number of aromatic nitrogens is 5. The fourth-order valence-corrected chi connectivity index (χ4v) is 2.61. The molecule has 136 valence electrons. The molecule has 3 rings (SSSR count). The second kappa shape index (κ2) is 7.28. The molecule has 0 saturated carbocycles. The van der Waals surface area contributed by atoms with Crippen LogP contribution >= 0.6 is 11.8 Å². The molecule has 0 spiro atoms. The lowest BCUT2D eigenvalue weighted by molar-refractivity contribution is 0.0523. The zero-order valence-corrected chi connectivity index (χ0v) is 15.9. The number of benzene rings is 1. The van der Waals surface area contributed by atoms with Gasteiger partial charge in [-0.15, -0.1) is 5.10 Å². The Labute approximate surface area is 155 Å². The molecule has 0 radical (unpaired) electrons. The lowest BCUT2D eigenvalue weighted by atomic mass is 10.2. The van der Waals surface area contributed by atoms with Gasteiger partial charge < -0.3 is 10.1 Å². The first-order valence-electron chi connectivity index (χ1n) is 8.04. The molecule has 0 saturated heterocycles. The molecule has 0 fully saturated rings. The summed E-state index contributed by atoms with van der Waals surface area (Å²) in [4.78, 5) is 20.5. The SMILES string of the molecule is CSc1ncc2nnn(-c3cccc(CNC(=O)OC(C)(C)C)c3)c2n1. The Morgan fingerprint density at radius 1 is 1.35 bits per heavy atom. The number of hydrogen-bond donors (Lipinski definition) is 1. The Morgan fingerprint density at radius 2 is 2.15 bits per heavy atom. The van der Waals surface area contributed by atoms with E-state index < -0.39 is 11.7 Å². The van der Waals surface area contributed by atoms with Crippen molar-refractivity contribution >= 4 is 29.0 Å². The third-order valence-corrected chi connectivity index (χ3v) is 3.91. The van der Waals surface area contributed by atoms with Gasteiger partial charge in [-0.25, -0.2) is 14.8 Å². The van der Waals surface area contributed by atoms with E-state index in [4.69, 9.17) is 4.74 Å². The standard InChI is InChI=1S/C17H20N6O2S/c1-17(2,3)25-16(24)19-9-11-6-5-7-12(8-11)23-14-13(21-22-23)10-18-15(20-14)26-4/h5-8,10H,9H2,1-4H3,(H,19,24). The van der Waals surface area contributed by atoms with Gasteiger partial charge in [0.15, 0.2) is 16.3 Å². The Morgan fingerprint density at radius 3 is 2.88 bits per heavy atom. The van der Waals surface area contributed by atoms with Crippen LogP contribution in [0.5, 0.6) is 0 Å². The van der Waals surface area contributed by atoms with Crippen molar-refractivity contribution in [1.82, 2.24) is 30.3 Å². The van der Waals surface area contributed by atoms with Gasteiger partial charge in [0, 0.05) is 6.54 Å². The summed E-state index contributed by atoms with van der Waals surface area (Å²) in [6, 6.07) is 7.65. The molecule has 0 aliphatic heterocycles. The van der Waals surface area contributed by atoms with Gasteiger partial charge in [0.2, 0.25) is 0 Å². The number of hydrogen-bond acceptors (Lipinski definition) is 7. The number of carbonyl (C=O) groups is 1. The third-order valence-electron chi connectivity index (χ3n) is 3.34. The topological polar surface area (TPSA) is 94.8 Å². The van der Waals surface area contributed by atoms with E-state index in [0.29, 0.717) is 22.9 Å². The van der Waals surface area contributed by atoms with E-state index in [1.54, 1.807) is 10.9 Å². The first-order chi connectivity index (χ1) is 12.4. The molecule has 2 aromatic heterocycles. The van der Waals surface area contributed by atoms with Crippen molar-refractivity contribution in [3.05, 3.63) is 36.0 Å². The summed E-state index contributed by atoms with van der Waals surface area (Å²) in [6.07, 6.45) is 3.12. The lowest BCUT2D eigenvalue weighted by Gasteiger charge is -2.19. The summed E-state index contributed by atoms with van der Waals surface area (Å²) >= 11 is 1.46. The molecule has 0 atom stereocenters. The van der Waals surface area contributed by atoms with Crippen molar-refractivity contribution in [2.24, 2.45) is 0 Å². The Balaban J connectivity index is 1.80. The van der Waals surface area contributed by atoms with E-state index in [1.807, 2.05) is 51.3 Å². The minimum absolute atomic E-state index is 0.348. The highest BCUT2D eigenvalue weighted by molar-refractivity contribution is 7.98. The number of ether oxygens (including phenoxy) is 1. The van der Waals surface area contributed by atoms with Crippen LogP contribution in [0.3, 0.4) is 0 Å². The van der Waals surface area contributed by atoms with Crippen LogP contribution in [0.15, 0.2) is 35.6 Å². The summed E-state index contributed by atoms with van der Waals surface area (Å²) in [5.41, 5.74) is 2.46. The van der Waals surface area contributed by atoms with E-state index in [-0.39, 0.29) is 0 Å². The zero-order chi connectivity index (χ0) is 18.7. The van der Waals surface area contributed by atoms with Gasteiger partial charge in [-0.3, -0.25) is 0 Å². The van der Waals surface area contributed by atoms with Gasteiger partial charge in [0.1, 0.15) is 5.60 Å². The Bertz CT molecular complexity index is 934. The second-order valence-electron chi connectivity index (χ2n) is 6.59. The maximum Gasteiger partial charge on any atom is 0.407 e. The van der Waals surface area contributed by atoms with Gasteiger partial charge in [-0.05, 0) is 44.7 Å². The molecule has 9 heteroatoms. The quantitative estimate of drug-likeness (QED) is 0.556. The molecule has 3 aromatic rings. The van der Waals surface area contributed by atoms with Crippen molar-refractivity contribution < 1.29 is 9.53 Å². The highest BCUT2D eigenvalue weighted by Crippen LogP contribution is 2.18. The molecule has 1 amide bonds. The fourth-order valence-electron chi connectivity index (χ4n) is 2.27. The van der Waals surface area contributed by atoms with Crippen LogP contribution in [0.2, 0.25) is 0 Å². The van der Waals surface area contributed by atoms with Crippen LogP contribution in [0.1, 0.15) is 26.3 Å². The summed E-state index contributed by atoms with van der Waals surface area (Å²) in [7, 11) is 0. The predicted octanol–water partition coefficient (Wildman–Crippen LogP) is 2.96. The summed E-state index contributed by atoms with van der Waals surface area (Å²) in [6.45, 7) is 5.83. The van der Waals surface area contributed by atoms with Crippen LogP contribution in [-0.4, -0.2) is 42.9 Å². The van der Waals surface area contributed by atoms with E-state index in [2.05, 4.69) is 25.6 Å². The van der Waals surface area contributed by atoms with Crippen molar-refractivity contribution in [3.63, 3.8) is 0 Å². The second-order valence-corrected chi connectivity index (χ2v) is 7.37. The number of rotatable bonds is 4. The summed E-state index contributed by atoms with van der Waals surface area (Å²) < 4.78 is 6.91. The van der Waals surface area contributed by atoms with E-state index in [9.17, 15) is 4.79 Å². The Hall–Kier alpha value is -2.68. The van der Waals surface area contributed by atoms with Crippen LogP contribution in [0.4, 0.5) is 4.79 Å². The van der Waals surface area contributed by atoms with Crippen molar-refractivity contribution in [3.8, 4) is 5.69 Å². The average Bonchev–Trinajstić information content (AvgIpc) is 3.01. The number of thioether (sulfide) groups is 1. The van der Waals surface area contributed by atoms with E-state index >= 15 is 0 Å². The molecule has 2 heterocycles. The number of carbonyl (C=O) groups excluding carboxylic acids is 1. The van der Waals surface area contributed by atoms with E-state index in [1.165, 1.54) is 11.8 Å². The third kappa shape index (κ3) is 4.29. The van der Waals surface area contributed by atoms with Crippen LogP contribution in [-0.2, 0) is 11.3 Å². The molecular formula is C17H20N6O2S. The number of nitrogens with one attached hydrogen (secondary N) is 1. The molecule has 0 aliphatic carbocycles. The lowest BCUT2D eigenvalue weighted by Crippen LogP contribution is -2.32. The largest absolute Gasteiger partial charge is 0.444 e. The maximum absolute atomic E-state index is 11.8. The number of fused-ring (bicyclic) bond motifs is 1. The smallest absolute Gasteiger partial charge is 0.407 e. The number of amides is 1. The van der Waals surface area contributed by atoms with Crippen LogP contribution in [0.25, 0.3) is 16.9 Å². The number of nitrogens with zero attached hydrogens (tertiary/aromatic N) is 5. The molecule has 26 heavy (non-hydrogen) atoms. The highest BCUT2D eigenvalue weighted by atomic mass is 32.2. The molecule has 8 nitrogen and oxygen atoms in total. The van der Waals surface area contributed by atoms with Gasteiger partial charge in [0.25, 0.3) is 0 Å². The fraction of sp³-hybridized carbons (Fsp3) is 0.353. The summed E-state index contributed by atoms with van der Waals surface area (Å²) in [5, 5.41) is 11.7. The molecule has 0 bridgehead atoms. The van der Waals surface area contributed by atoms with Gasteiger partial charge >= 0.3 is 6.09 Å². The van der Waals surface area contributed by atoms with Crippen LogP contribution in [0, 0.1) is 0 Å². The molecule has 1 aromatic carbocycles. The number of alkyl carbamates (subject to hydrolysis) is 1. The van der Waals surface area contributed by atoms with Gasteiger partial charge in [-0.2, -0.15) is 4.68 Å². The molecule has 1 N–H and O–H groups in total. The first kappa shape index (κ1) is 18.1. The first-order valence-corrected chi connectivity index (χ1v) is 9.27. The minimum atomic E-state index is -0.528. The predicted molar refractivity (Wildman–Crippen MR) is 99.3 cm³/mol. The van der Waals surface area contributed by atoms with Crippen LogP contribution < -0.4 is 5.32 Å². The molecular weight excluding hydrogens is 352 g/mol. The monoisotopic (exact) mass is 372 g/mol. The highest BCUT2D eigenvalue weighted by Gasteiger charge is 2.16. The molecule has 0 unspecified atom stereocenters. The normalized spacial score (nSPS) is 11.5.